The lowest BCUT2D eigenvalue weighted by atomic mass is 10.2. The molecule has 0 atom stereocenters. The molecule has 1 aromatic heterocycles. The molecule has 0 aliphatic carbocycles. The molecule has 20 heavy (non-hydrogen) atoms. The first-order valence-electron chi connectivity index (χ1n) is 6.38. The van der Waals surface area contributed by atoms with Gasteiger partial charge in [0.2, 0.25) is 11.8 Å². The maximum absolute atomic E-state index is 5.84. The van der Waals surface area contributed by atoms with E-state index in [1.54, 1.807) is 6.07 Å². The van der Waals surface area contributed by atoms with Gasteiger partial charge in [0.25, 0.3) is 0 Å². The average Bonchev–Trinajstić information content (AvgIpc) is 2.44. The monoisotopic (exact) mass is 289 g/mol. The Balaban J connectivity index is 2.15. The van der Waals surface area contributed by atoms with E-state index in [1.807, 2.05) is 43.3 Å². The molecule has 0 spiro atoms. The van der Waals surface area contributed by atoms with E-state index in [9.17, 15) is 0 Å². The van der Waals surface area contributed by atoms with E-state index >= 15 is 0 Å². The van der Waals surface area contributed by atoms with Crippen LogP contribution in [-0.4, -0.2) is 16.6 Å². The van der Waals surface area contributed by atoms with Crippen LogP contribution in [0.5, 0.6) is 5.88 Å². The molecule has 104 valence electrons. The van der Waals surface area contributed by atoms with Crippen molar-refractivity contribution in [2.75, 3.05) is 12.3 Å². The summed E-state index contributed by atoms with van der Waals surface area (Å²) >= 11 is 5.84. The zero-order chi connectivity index (χ0) is 14.4. The quantitative estimate of drug-likeness (QED) is 0.912. The lowest BCUT2D eigenvalue weighted by Crippen LogP contribution is -2.02. The van der Waals surface area contributed by atoms with Crippen molar-refractivity contribution in [3.63, 3.8) is 0 Å². The van der Waals surface area contributed by atoms with E-state index in [4.69, 9.17) is 22.1 Å². The first kappa shape index (κ1) is 14.3. The van der Waals surface area contributed by atoms with Crippen molar-refractivity contribution in [3.8, 4) is 5.88 Å². The molecule has 0 aliphatic rings. The molecule has 2 N–H and O–H groups in total. The van der Waals surface area contributed by atoms with Crippen molar-refractivity contribution in [2.45, 2.75) is 13.3 Å². The SMILES string of the molecule is CCCOc1cc(/C=C/c2ccc(Cl)cc2)nc(N)n1. The van der Waals surface area contributed by atoms with Crippen LogP contribution in [0.1, 0.15) is 24.6 Å². The van der Waals surface area contributed by atoms with E-state index in [0.717, 1.165) is 12.0 Å². The summed E-state index contributed by atoms with van der Waals surface area (Å²) in [5.41, 5.74) is 7.40. The third kappa shape index (κ3) is 4.24. The summed E-state index contributed by atoms with van der Waals surface area (Å²) < 4.78 is 5.46. The van der Waals surface area contributed by atoms with Crippen molar-refractivity contribution in [1.29, 1.82) is 0 Å². The van der Waals surface area contributed by atoms with Crippen LogP contribution in [0.2, 0.25) is 5.02 Å². The second-order valence-electron chi connectivity index (χ2n) is 4.22. The van der Waals surface area contributed by atoms with Gasteiger partial charge in [-0.15, -0.1) is 0 Å². The van der Waals surface area contributed by atoms with Crippen molar-refractivity contribution >= 4 is 29.7 Å². The highest BCUT2D eigenvalue weighted by Crippen LogP contribution is 2.15. The van der Waals surface area contributed by atoms with Crippen LogP contribution >= 0.6 is 11.6 Å². The maximum Gasteiger partial charge on any atom is 0.223 e. The highest BCUT2D eigenvalue weighted by atomic mass is 35.5. The fourth-order valence-electron chi connectivity index (χ4n) is 1.58. The van der Waals surface area contributed by atoms with Crippen molar-refractivity contribution in [2.24, 2.45) is 0 Å². The Morgan fingerprint density at radius 3 is 2.65 bits per heavy atom. The fraction of sp³-hybridized carbons (Fsp3) is 0.200. The number of halogens is 1. The highest BCUT2D eigenvalue weighted by Gasteiger charge is 2.01. The number of nitrogen functional groups attached to an aromatic ring is 1. The smallest absolute Gasteiger partial charge is 0.223 e. The third-order valence-electron chi connectivity index (χ3n) is 2.51. The van der Waals surface area contributed by atoms with Gasteiger partial charge in [-0.25, -0.2) is 4.98 Å². The van der Waals surface area contributed by atoms with Gasteiger partial charge in [-0.3, -0.25) is 0 Å². The Bertz CT molecular complexity index is 597. The molecule has 1 heterocycles. The van der Waals surface area contributed by atoms with E-state index in [1.165, 1.54) is 0 Å². The highest BCUT2D eigenvalue weighted by molar-refractivity contribution is 6.30. The van der Waals surface area contributed by atoms with Gasteiger partial charge in [0.15, 0.2) is 0 Å². The first-order valence-corrected chi connectivity index (χ1v) is 6.76. The van der Waals surface area contributed by atoms with Crippen LogP contribution < -0.4 is 10.5 Å². The molecule has 0 saturated heterocycles. The Morgan fingerprint density at radius 1 is 1.20 bits per heavy atom. The third-order valence-corrected chi connectivity index (χ3v) is 2.76. The number of aromatic nitrogens is 2. The predicted molar refractivity (Wildman–Crippen MR) is 82.6 cm³/mol. The molecular formula is C15H16ClN3O. The van der Waals surface area contributed by atoms with Gasteiger partial charge in [-0.1, -0.05) is 36.7 Å². The van der Waals surface area contributed by atoms with Gasteiger partial charge in [0.05, 0.1) is 12.3 Å². The number of hydrogen-bond acceptors (Lipinski definition) is 4. The van der Waals surface area contributed by atoms with Crippen LogP contribution in [0.15, 0.2) is 30.3 Å². The maximum atomic E-state index is 5.84. The topological polar surface area (TPSA) is 61.0 Å². The fourth-order valence-corrected chi connectivity index (χ4v) is 1.71. The lowest BCUT2D eigenvalue weighted by Gasteiger charge is -2.04. The number of anilines is 1. The van der Waals surface area contributed by atoms with E-state index in [0.29, 0.717) is 23.2 Å². The van der Waals surface area contributed by atoms with Gasteiger partial charge in [-0.2, -0.15) is 4.98 Å². The summed E-state index contributed by atoms with van der Waals surface area (Å²) in [7, 11) is 0. The zero-order valence-corrected chi connectivity index (χ0v) is 12.0. The summed E-state index contributed by atoms with van der Waals surface area (Å²) in [6.45, 7) is 2.64. The van der Waals surface area contributed by atoms with Gasteiger partial charge in [0.1, 0.15) is 0 Å². The largest absolute Gasteiger partial charge is 0.478 e. The molecule has 1 aromatic carbocycles. The number of benzene rings is 1. The number of rotatable bonds is 5. The minimum absolute atomic E-state index is 0.203. The van der Waals surface area contributed by atoms with E-state index < -0.39 is 0 Å². The van der Waals surface area contributed by atoms with Gasteiger partial charge in [-0.05, 0) is 30.2 Å². The van der Waals surface area contributed by atoms with E-state index in [2.05, 4.69) is 9.97 Å². The molecule has 0 radical (unpaired) electrons. The van der Waals surface area contributed by atoms with Gasteiger partial charge >= 0.3 is 0 Å². The number of nitrogens with zero attached hydrogens (tertiary/aromatic N) is 2. The summed E-state index contributed by atoms with van der Waals surface area (Å²) in [6.07, 6.45) is 4.71. The molecule has 0 unspecified atom stereocenters. The van der Waals surface area contributed by atoms with Crippen LogP contribution in [0.3, 0.4) is 0 Å². The Morgan fingerprint density at radius 2 is 1.95 bits per heavy atom. The van der Waals surface area contributed by atoms with Gasteiger partial charge < -0.3 is 10.5 Å². The number of nitrogens with two attached hydrogens (primary N) is 1. The standard InChI is InChI=1S/C15H16ClN3O/c1-2-9-20-14-10-13(18-15(17)19-14)8-5-11-3-6-12(16)7-4-11/h3-8,10H,2,9H2,1H3,(H2,17,18,19)/b8-5+. The summed E-state index contributed by atoms with van der Waals surface area (Å²) in [4.78, 5) is 8.18. The Labute approximate surface area is 123 Å². The second-order valence-corrected chi connectivity index (χ2v) is 4.66. The second kappa shape index (κ2) is 6.91. The van der Waals surface area contributed by atoms with Crippen molar-refractivity contribution in [1.82, 2.24) is 9.97 Å². The molecule has 0 aliphatic heterocycles. The summed E-state index contributed by atoms with van der Waals surface area (Å²) in [6, 6.07) is 9.30. The van der Waals surface area contributed by atoms with Crippen LogP contribution in [0, 0.1) is 0 Å². The minimum Gasteiger partial charge on any atom is -0.478 e. The predicted octanol–water partition coefficient (Wildman–Crippen LogP) is 3.67. The average molecular weight is 290 g/mol. The molecule has 0 bridgehead atoms. The minimum atomic E-state index is 0.203. The van der Waals surface area contributed by atoms with Crippen molar-refractivity contribution in [3.05, 3.63) is 46.6 Å². The Kier molecular flexibility index (Phi) is 4.96. The molecule has 5 heteroatoms. The number of hydrogen-bond donors (Lipinski definition) is 1. The molecule has 0 amide bonds. The van der Waals surface area contributed by atoms with Crippen LogP contribution in [-0.2, 0) is 0 Å². The normalized spacial score (nSPS) is 10.9. The van der Waals surface area contributed by atoms with Gasteiger partial charge in [0, 0.05) is 11.1 Å². The zero-order valence-electron chi connectivity index (χ0n) is 11.2. The molecule has 0 fully saturated rings. The molecule has 2 aromatic rings. The Hall–Kier alpha value is -2.07. The lowest BCUT2D eigenvalue weighted by molar-refractivity contribution is 0.305. The summed E-state index contributed by atoms with van der Waals surface area (Å²) in [5, 5.41) is 0.712. The first-order chi connectivity index (χ1) is 9.67. The van der Waals surface area contributed by atoms with E-state index in [-0.39, 0.29) is 5.95 Å². The molecule has 2 rings (SSSR count). The van der Waals surface area contributed by atoms with Crippen LogP contribution in [0.4, 0.5) is 5.95 Å². The van der Waals surface area contributed by atoms with Crippen molar-refractivity contribution < 1.29 is 4.74 Å². The van der Waals surface area contributed by atoms with Crippen LogP contribution in [0.25, 0.3) is 12.2 Å². The molecular weight excluding hydrogens is 274 g/mol. The molecule has 4 nitrogen and oxygen atoms in total. The summed E-state index contributed by atoms with van der Waals surface area (Å²) in [5.74, 6) is 0.699. The molecule has 0 saturated carbocycles. The number of ether oxygens (including phenoxy) is 1.